The van der Waals surface area contributed by atoms with Crippen LogP contribution in [0.4, 0.5) is 0 Å². The number of para-hydroxylation sites is 4. The lowest BCUT2D eigenvalue weighted by atomic mass is 10.0. The summed E-state index contributed by atoms with van der Waals surface area (Å²) in [7, 11) is 0. The molecule has 0 spiro atoms. The van der Waals surface area contributed by atoms with Crippen molar-refractivity contribution in [3.05, 3.63) is 259 Å². The zero-order chi connectivity index (χ0) is 86.1. The van der Waals surface area contributed by atoms with E-state index in [4.69, 9.17) is 19.9 Å². The van der Waals surface area contributed by atoms with Gasteiger partial charge in [-0.3, -0.25) is 54.9 Å². The van der Waals surface area contributed by atoms with Gasteiger partial charge in [0.15, 0.2) is 45.9 Å². The topological polar surface area (TPSA) is 333 Å². The molecule has 24 rings (SSSR count). The highest BCUT2D eigenvalue weighted by Gasteiger charge is 2.25. The fourth-order valence-electron chi connectivity index (χ4n) is 18.0. The maximum Gasteiger partial charge on any atom is 0.181 e. The van der Waals surface area contributed by atoms with Crippen LogP contribution in [-0.4, -0.2) is 188 Å². The highest BCUT2D eigenvalue weighted by Crippen LogP contribution is 2.39. The Morgan fingerprint density at radius 2 is 0.617 bits per heavy atom. The van der Waals surface area contributed by atoms with E-state index in [9.17, 15) is 0 Å². The standard InChI is InChI=1S/C28H25N7.C27H23N7.C27H25N7.C18H19BrN6/c1-4-11-35(12-5-1)17-19-8-6-10-24-25(19)32-28(31-24)26-22-13-20(15-30-27(22)34-33-26)23-16-29-14-18-7-2-3-9-21(18)23;1-2-8-20-17(6-1)13-28-15-22(20)19-12-21-25(32-33-26(21)29-14-19)27-30-23-9-5-7-18(24(23)31-27)16-34-10-3-4-11-34;1-3-34(4-2)16-18-9-7-11-23-24(18)31-27(30-23)25-21-12-19(14-29-26(21)33-32-25)22-15-28-13-17-8-5-6-10-20(17)22;1-3-25(4-2)10-11-6-5-7-14-15(11)22-18(21-14)16-13-8-12(19)9-20-17(13)24-23-16/h2-3,6-10,13-16H,1,4-5,11-12,17H2,(H,31,32)(H,30,33,34);1-2,5-9,12-15H,3-4,10-11,16H2,(H,30,31)(H,29,32,33);5-15H,3-4,16H2,1-2H3,(H,30,31)(H,29,32,33);5-9H,3-4,10H2,1-2H3,(H,21,22)(H,20,23,24). The average molecular weight is 1750 g/mol. The number of rotatable bonds is 19. The first-order valence-electron chi connectivity index (χ1n) is 43.9. The molecule has 0 unspecified atom stereocenters. The van der Waals surface area contributed by atoms with Gasteiger partial charge >= 0.3 is 0 Å². The van der Waals surface area contributed by atoms with E-state index in [-0.39, 0.29) is 0 Å². The molecule has 17 heterocycles. The first kappa shape index (κ1) is 80.6. The fraction of sp³-hybridized carbons (Fsp3) is 0.210. The Labute approximate surface area is 743 Å². The van der Waals surface area contributed by atoms with Crippen LogP contribution in [0.25, 0.3) is 200 Å². The van der Waals surface area contributed by atoms with Crippen LogP contribution in [0.2, 0.25) is 0 Å². The van der Waals surface area contributed by atoms with E-state index in [0.29, 0.717) is 22.6 Å². The minimum atomic E-state index is 0.663. The van der Waals surface area contributed by atoms with E-state index >= 15 is 0 Å². The second kappa shape index (κ2) is 35.5. The molecule has 15 aromatic heterocycles. The number of aromatic nitrogens is 23. The molecule has 2 aliphatic rings. The molecule has 0 amide bonds. The molecular weight excluding hydrogens is 1660 g/mol. The molecule has 28 heteroatoms. The van der Waals surface area contributed by atoms with Crippen molar-refractivity contribution in [1.29, 1.82) is 0 Å². The van der Waals surface area contributed by atoms with Crippen LogP contribution in [0.5, 0.6) is 0 Å². The molecule has 0 atom stereocenters. The van der Waals surface area contributed by atoms with E-state index < -0.39 is 0 Å². The van der Waals surface area contributed by atoms with Crippen LogP contribution in [0.3, 0.4) is 0 Å². The third kappa shape index (κ3) is 16.0. The van der Waals surface area contributed by atoms with Crippen LogP contribution < -0.4 is 0 Å². The number of nitrogens with zero attached hydrogens (tertiary/aromatic N) is 19. The number of piperidine rings is 1. The Hall–Kier alpha value is -14.6. The third-order valence-corrected chi connectivity index (χ3v) is 25.3. The molecule has 0 radical (unpaired) electrons. The highest BCUT2D eigenvalue weighted by atomic mass is 79.9. The van der Waals surface area contributed by atoms with Gasteiger partial charge in [0.1, 0.15) is 22.8 Å². The monoisotopic (exact) mass is 1750 g/mol. The molecule has 0 saturated carbocycles. The number of H-pyrrole nitrogens is 8. The van der Waals surface area contributed by atoms with E-state index in [0.717, 1.165) is 260 Å². The maximum absolute atomic E-state index is 5.03. The molecule has 2 fully saturated rings. The average Bonchev–Trinajstić information content (AvgIpc) is 1.66. The summed E-state index contributed by atoms with van der Waals surface area (Å²) >= 11 is 3.47. The van der Waals surface area contributed by atoms with E-state index in [1.54, 1.807) is 6.20 Å². The lowest BCUT2D eigenvalue weighted by Crippen LogP contribution is -2.29. The predicted molar refractivity (Wildman–Crippen MR) is 513 cm³/mol. The van der Waals surface area contributed by atoms with Gasteiger partial charge in [0.25, 0.3) is 0 Å². The first-order chi connectivity index (χ1) is 63.1. The largest absolute Gasteiger partial charge is 0.337 e. The molecule has 2 saturated heterocycles. The van der Waals surface area contributed by atoms with Gasteiger partial charge in [-0.15, -0.1) is 0 Å². The van der Waals surface area contributed by atoms with Crippen molar-refractivity contribution in [2.75, 3.05) is 52.4 Å². The molecular formula is C100H92BrN27. The number of benzene rings is 7. The number of hydrogen-bond donors (Lipinski definition) is 8. The second-order valence-electron chi connectivity index (χ2n) is 32.8. The molecule has 634 valence electrons. The number of pyridine rings is 7. The zero-order valence-corrected chi connectivity index (χ0v) is 72.9. The smallest absolute Gasteiger partial charge is 0.181 e. The number of likely N-dealkylation sites (tertiary alicyclic amines) is 2. The second-order valence-corrected chi connectivity index (χ2v) is 33.7. The predicted octanol–water partition coefficient (Wildman–Crippen LogP) is 20.7. The Morgan fingerprint density at radius 1 is 0.312 bits per heavy atom. The Morgan fingerprint density at radius 3 is 0.961 bits per heavy atom. The van der Waals surface area contributed by atoms with Gasteiger partial charge in [0.05, 0.1) is 65.7 Å². The number of hydrogen-bond acceptors (Lipinski definition) is 19. The molecule has 0 bridgehead atoms. The van der Waals surface area contributed by atoms with Crippen molar-refractivity contribution in [3.8, 4) is 79.5 Å². The number of halogens is 1. The Bertz CT molecular complexity index is 7550. The van der Waals surface area contributed by atoms with Gasteiger partial charge in [0.2, 0.25) is 0 Å². The van der Waals surface area contributed by atoms with Crippen LogP contribution in [0, 0.1) is 0 Å². The first-order valence-corrected chi connectivity index (χ1v) is 44.7. The lowest BCUT2D eigenvalue weighted by Gasteiger charge is -2.26. The molecule has 2 aliphatic heterocycles. The molecule has 22 aromatic rings. The molecule has 7 aromatic carbocycles. The summed E-state index contributed by atoms with van der Waals surface area (Å²) in [5.74, 6) is 3.11. The molecule has 8 N–H and O–H groups in total. The van der Waals surface area contributed by atoms with Crippen LogP contribution in [-0.2, 0) is 26.2 Å². The fourth-order valence-corrected chi connectivity index (χ4v) is 18.4. The van der Waals surface area contributed by atoms with Gasteiger partial charge in [-0.25, -0.2) is 39.9 Å². The van der Waals surface area contributed by atoms with Gasteiger partial charge in [-0.05, 0) is 181 Å². The van der Waals surface area contributed by atoms with Crippen LogP contribution in [0.1, 0.15) is 82.1 Å². The summed E-state index contributed by atoms with van der Waals surface area (Å²) in [6.07, 6.45) is 25.2. The minimum absolute atomic E-state index is 0.663. The molecule has 27 nitrogen and oxygen atoms in total. The normalized spacial score (nSPS) is 13.4. The van der Waals surface area contributed by atoms with E-state index in [2.05, 4.69) is 298 Å². The highest BCUT2D eigenvalue weighted by molar-refractivity contribution is 9.10. The number of fused-ring (bicyclic) bond motifs is 11. The van der Waals surface area contributed by atoms with Crippen LogP contribution >= 0.6 is 15.9 Å². The SMILES string of the molecule is CCN(CC)Cc1cccc2[nH]c(-c3[nH]nc4ncc(-c5cncc6ccccc56)cc34)nc12.CCN(CC)Cc1cccc2[nH]c(-c3[nH]nc4ncc(Br)cc34)nc12.c1ccc2c(-c3cnc4n[nH]c(-c5nc6c(CN7CCCC7)cccc6[nH]5)c4c3)cncc2c1.c1ccc2c(-c3cnc4n[nH]c(-c5nc6c(CN7CCCCC7)cccc6[nH]5)c4c3)cncc2c1. The summed E-state index contributed by atoms with van der Waals surface area (Å²) in [6.45, 7) is 21.1. The minimum Gasteiger partial charge on any atom is -0.337 e. The van der Waals surface area contributed by atoms with Gasteiger partial charge < -0.3 is 19.9 Å². The Kier molecular flexibility index (Phi) is 22.3. The number of imidazole rings is 4. The third-order valence-electron chi connectivity index (χ3n) is 24.9. The van der Waals surface area contributed by atoms with Crippen molar-refractivity contribution in [2.24, 2.45) is 0 Å². The summed E-state index contributed by atoms with van der Waals surface area (Å²) in [5, 5.41) is 40.7. The van der Waals surface area contributed by atoms with Crippen molar-refractivity contribution < 1.29 is 0 Å². The van der Waals surface area contributed by atoms with E-state index in [1.807, 2.05) is 86.1 Å². The molecule has 0 aliphatic carbocycles. The zero-order valence-electron chi connectivity index (χ0n) is 71.3. The van der Waals surface area contributed by atoms with Gasteiger partial charge in [0, 0.05) is 142 Å². The Balaban J connectivity index is 0.000000104. The van der Waals surface area contributed by atoms with Crippen molar-refractivity contribution >= 4 is 137 Å². The summed E-state index contributed by atoms with van der Waals surface area (Å²) < 4.78 is 0.918. The quantitative estimate of drug-likeness (QED) is 0.0373. The summed E-state index contributed by atoms with van der Waals surface area (Å²) in [5.41, 5.74) is 25.4. The summed E-state index contributed by atoms with van der Waals surface area (Å²) in [6, 6.07) is 58.6. The van der Waals surface area contributed by atoms with Crippen molar-refractivity contribution in [2.45, 2.75) is 86.0 Å². The summed E-state index contributed by atoms with van der Waals surface area (Å²) in [4.78, 5) is 75.2. The van der Waals surface area contributed by atoms with Crippen molar-refractivity contribution in [3.63, 3.8) is 0 Å². The van der Waals surface area contributed by atoms with Crippen molar-refractivity contribution in [1.82, 2.24) is 135 Å². The maximum atomic E-state index is 5.03. The van der Waals surface area contributed by atoms with Gasteiger partial charge in [-0.1, -0.05) is 155 Å². The number of nitrogens with one attached hydrogen (secondary N) is 8. The van der Waals surface area contributed by atoms with Gasteiger partial charge in [-0.2, -0.15) is 20.4 Å². The lowest BCUT2D eigenvalue weighted by molar-refractivity contribution is 0.221. The van der Waals surface area contributed by atoms with Crippen LogP contribution in [0.15, 0.2) is 236 Å². The number of aromatic amines is 8. The molecule has 128 heavy (non-hydrogen) atoms. The van der Waals surface area contributed by atoms with E-state index in [1.165, 1.54) is 54.4 Å².